The maximum atomic E-state index is 13.1. The number of alkyl halides is 4. The average Bonchev–Trinajstić information content (AvgIpc) is 2.52. The highest BCUT2D eigenvalue weighted by Gasteiger charge is 2.44. The Bertz CT molecular complexity index is 603. The maximum Gasteiger partial charge on any atom is 0.461 e. The Morgan fingerprint density at radius 1 is 1.38 bits per heavy atom. The Morgan fingerprint density at radius 3 is 2.67 bits per heavy atom. The lowest BCUT2D eigenvalue weighted by Gasteiger charge is -2.19. The van der Waals surface area contributed by atoms with Crippen LogP contribution in [0.1, 0.15) is 18.9 Å². The van der Waals surface area contributed by atoms with E-state index in [2.05, 4.69) is 10.1 Å². The molecule has 0 heterocycles. The molecule has 5 nitrogen and oxygen atoms in total. The molecule has 9 heteroatoms. The molecule has 0 spiro atoms. The van der Waals surface area contributed by atoms with E-state index in [9.17, 15) is 22.4 Å². The monoisotopic (exact) mass is 348 g/mol. The van der Waals surface area contributed by atoms with Gasteiger partial charge < -0.3 is 14.8 Å². The molecule has 0 aliphatic carbocycles. The van der Waals surface area contributed by atoms with Gasteiger partial charge in [0.25, 0.3) is 0 Å². The van der Waals surface area contributed by atoms with Gasteiger partial charge in [-0.25, -0.2) is 0 Å². The fourth-order valence-corrected chi connectivity index (χ4v) is 1.74. The van der Waals surface area contributed by atoms with Crippen molar-refractivity contribution in [1.29, 1.82) is 5.26 Å². The summed E-state index contributed by atoms with van der Waals surface area (Å²) in [5.41, 5.74) is 0.422. The largest absolute Gasteiger partial charge is 0.490 e. The standard InChI is InChI=1S/C15H16F4N2O3/c1-2-23-11-5-3-10(4-6-13(22)21-8-7-20)9-12(11)24-15(18,19)14(16)17/h3,5,9,14H,2,4,6,8H2,1H3,(H,21,22). The molecule has 0 saturated heterocycles. The molecule has 1 aromatic rings. The van der Waals surface area contributed by atoms with Crippen LogP contribution in [0.15, 0.2) is 18.2 Å². The van der Waals surface area contributed by atoms with E-state index >= 15 is 0 Å². The summed E-state index contributed by atoms with van der Waals surface area (Å²) >= 11 is 0. The summed E-state index contributed by atoms with van der Waals surface area (Å²) in [7, 11) is 0. The van der Waals surface area contributed by atoms with Crippen LogP contribution in [0.5, 0.6) is 11.5 Å². The van der Waals surface area contributed by atoms with Crippen molar-refractivity contribution < 1.29 is 31.8 Å². The van der Waals surface area contributed by atoms with Gasteiger partial charge in [-0.05, 0) is 31.0 Å². The van der Waals surface area contributed by atoms with Gasteiger partial charge in [-0.1, -0.05) is 6.07 Å². The Morgan fingerprint density at radius 2 is 2.08 bits per heavy atom. The zero-order valence-corrected chi connectivity index (χ0v) is 12.8. The second-order valence-electron chi connectivity index (χ2n) is 4.61. The topological polar surface area (TPSA) is 71.3 Å². The molecular weight excluding hydrogens is 332 g/mol. The Kier molecular flexibility index (Phi) is 7.30. The summed E-state index contributed by atoms with van der Waals surface area (Å²) in [6, 6.07) is 5.68. The van der Waals surface area contributed by atoms with Crippen molar-refractivity contribution in [3.63, 3.8) is 0 Å². The zero-order chi connectivity index (χ0) is 18.2. The third-order valence-corrected chi connectivity index (χ3v) is 2.81. The Balaban J connectivity index is 2.88. The quantitative estimate of drug-likeness (QED) is 0.550. The van der Waals surface area contributed by atoms with Crippen LogP contribution < -0.4 is 14.8 Å². The van der Waals surface area contributed by atoms with Crippen LogP contribution in [0.3, 0.4) is 0 Å². The van der Waals surface area contributed by atoms with Crippen molar-refractivity contribution in [3.05, 3.63) is 23.8 Å². The first kappa shape index (κ1) is 19.5. The van der Waals surface area contributed by atoms with E-state index in [1.54, 1.807) is 13.0 Å². The molecule has 0 radical (unpaired) electrons. The summed E-state index contributed by atoms with van der Waals surface area (Å²) in [5.74, 6) is -1.03. The predicted octanol–water partition coefficient (Wildman–Crippen LogP) is 2.89. The number of rotatable bonds is 9. The first-order valence-electron chi connectivity index (χ1n) is 7.04. The molecule has 1 aromatic carbocycles. The van der Waals surface area contributed by atoms with Gasteiger partial charge in [-0.2, -0.15) is 22.8 Å². The van der Waals surface area contributed by atoms with Gasteiger partial charge in [0.2, 0.25) is 5.91 Å². The molecule has 0 bridgehead atoms. The lowest BCUT2D eigenvalue weighted by molar-refractivity contribution is -0.253. The summed E-state index contributed by atoms with van der Waals surface area (Å²) in [5, 5.41) is 10.7. The van der Waals surface area contributed by atoms with E-state index in [0.717, 1.165) is 6.07 Å². The highest BCUT2D eigenvalue weighted by atomic mass is 19.3. The number of carbonyl (C=O) groups excluding carboxylic acids is 1. The smallest absolute Gasteiger partial charge is 0.461 e. The Hall–Kier alpha value is -2.50. The summed E-state index contributed by atoms with van der Waals surface area (Å²) in [6.07, 6.45) is -8.50. The molecule has 1 rings (SSSR count). The first-order valence-corrected chi connectivity index (χ1v) is 7.04. The normalized spacial score (nSPS) is 11.0. The number of amides is 1. The minimum Gasteiger partial charge on any atom is -0.490 e. The van der Waals surface area contributed by atoms with Crippen LogP contribution in [0.2, 0.25) is 0 Å². The van der Waals surface area contributed by atoms with Crippen LogP contribution in [0, 0.1) is 11.3 Å². The van der Waals surface area contributed by atoms with Crippen molar-refractivity contribution in [1.82, 2.24) is 5.32 Å². The minimum absolute atomic E-state index is 0.000339. The summed E-state index contributed by atoms with van der Waals surface area (Å²) in [6.45, 7) is 1.59. The van der Waals surface area contributed by atoms with Gasteiger partial charge in [0, 0.05) is 6.42 Å². The molecule has 0 aliphatic rings. The number of nitriles is 1. The molecular formula is C15H16F4N2O3. The van der Waals surface area contributed by atoms with Gasteiger partial charge in [-0.15, -0.1) is 0 Å². The SMILES string of the molecule is CCOc1ccc(CCC(=O)NCC#N)cc1OC(F)(F)C(F)F. The minimum atomic E-state index is -4.66. The molecule has 0 saturated carbocycles. The van der Waals surface area contributed by atoms with E-state index in [0.29, 0.717) is 5.56 Å². The second kappa shape index (κ2) is 8.96. The van der Waals surface area contributed by atoms with Gasteiger partial charge >= 0.3 is 12.5 Å². The third-order valence-electron chi connectivity index (χ3n) is 2.81. The molecule has 132 valence electrons. The molecule has 1 amide bonds. The zero-order valence-electron chi connectivity index (χ0n) is 12.8. The van der Waals surface area contributed by atoms with Gasteiger partial charge in [0.15, 0.2) is 11.5 Å². The number of carbonyl (C=O) groups is 1. The Labute approximate surface area is 136 Å². The van der Waals surface area contributed by atoms with Crippen molar-refractivity contribution in [2.24, 2.45) is 0 Å². The van der Waals surface area contributed by atoms with Crippen LogP contribution >= 0.6 is 0 Å². The number of ether oxygens (including phenoxy) is 2. The van der Waals surface area contributed by atoms with E-state index in [1.165, 1.54) is 12.1 Å². The summed E-state index contributed by atoms with van der Waals surface area (Å²) < 4.78 is 60.0. The van der Waals surface area contributed by atoms with Gasteiger partial charge in [0.1, 0.15) is 6.54 Å². The molecule has 0 atom stereocenters. The number of halogens is 4. The van der Waals surface area contributed by atoms with Crippen LogP contribution in [-0.2, 0) is 11.2 Å². The molecule has 0 aromatic heterocycles. The fourth-order valence-electron chi connectivity index (χ4n) is 1.74. The van der Waals surface area contributed by atoms with E-state index in [-0.39, 0.29) is 31.7 Å². The number of aryl methyl sites for hydroxylation is 1. The second-order valence-corrected chi connectivity index (χ2v) is 4.61. The number of nitrogens with zero attached hydrogens (tertiary/aromatic N) is 1. The van der Waals surface area contributed by atoms with Gasteiger partial charge in [-0.3, -0.25) is 4.79 Å². The summed E-state index contributed by atoms with van der Waals surface area (Å²) in [4.78, 5) is 11.4. The lowest BCUT2D eigenvalue weighted by Crippen LogP contribution is -2.33. The van der Waals surface area contributed by atoms with Crippen molar-refractivity contribution >= 4 is 5.91 Å². The fraction of sp³-hybridized carbons (Fsp3) is 0.467. The highest BCUT2D eigenvalue weighted by molar-refractivity contribution is 5.76. The van der Waals surface area contributed by atoms with E-state index < -0.39 is 24.2 Å². The van der Waals surface area contributed by atoms with E-state index in [1.807, 2.05) is 0 Å². The third kappa shape index (κ3) is 5.95. The van der Waals surface area contributed by atoms with Crippen LogP contribution in [0.4, 0.5) is 17.6 Å². The molecule has 0 fully saturated rings. The number of benzene rings is 1. The van der Waals surface area contributed by atoms with Crippen molar-refractivity contribution in [2.45, 2.75) is 32.3 Å². The maximum absolute atomic E-state index is 13.1. The van der Waals surface area contributed by atoms with Gasteiger partial charge in [0.05, 0.1) is 12.7 Å². The number of nitrogens with one attached hydrogen (secondary N) is 1. The lowest BCUT2D eigenvalue weighted by atomic mass is 10.1. The van der Waals surface area contributed by atoms with Crippen LogP contribution in [0.25, 0.3) is 0 Å². The van der Waals surface area contributed by atoms with Crippen molar-refractivity contribution in [2.75, 3.05) is 13.2 Å². The number of hydrogen-bond acceptors (Lipinski definition) is 4. The molecule has 1 N–H and O–H groups in total. The average molecular weight is 348 g/mol. The highest BCUT2D eigenvalue weighted by Crippen LogP contribution is 2.35. The molecule has 0 aliphatic heterocycles. The first-order chi connectivity index (χ1) is 11.3. The molecule has 24 heavy (non-hydrogen) atoms. The van der Waals surface area contributed by atoms with E-state index in [4.69, 9.17) is 10.00 Å². The van der Waals surface area contributed by atoms with Crippen LogP contribution in [-0.4, -0.2) is 31.6 Å². The predicted molar refractivity (Wildman–Crippen MR) is 76.1 cm³/mol. The molecule has 0 unspecified atom stereocenters. The number of hydrogen-bond donors (Lipinski definition) is 1. The van der Waals surface area contributed by atoms with Crippen molar-refractivity contribution in [3.8, 4) is 17.6 Å².